The molecule has 6 heteroatoms. The SMILES string of the molecule is C#CCNC(=NCc1ccccc1[N+](=O)[O-])NCC. The van der Waals surface area contributed by atoms with Gasteiger partial charge >= 0.3 is 0 Å². The summed E-state index contributed by atoms with van der Waals surface area (Å²) in [7, 11) is 0. The zero-order valence-electron chi connectivity index (χ0n) is 10.7. The standard InChI is InChI=1S/C13H16N4O2/c1-3-9-15-13(14-4-2)16-10-11-7-5-6-8-12(11)17(18)19/h1,5-8H,4,9-10H2,2H3,(H2,14,15,16). The third-order valence-corrected chi connectivity index (χ3v) is 2.30. The van der Waals surface area contributed by atoms with Crippen molar-refractivity contribution in [2.45, 2.75) is 13.5 Å². The molecule has 1 rings (SSSR count). The van der Waals surface area contributed by atoms with Crippen molar-refractivity contribution in [3.05, 3.63) is 39.9 Å². The van der Waals surface area contributed by atoms with E-state index in [1.54, 1.807) is 18.2 Å². The highest BCUT2D eigenvalue weighted by atomic mass is 16.6. The van der Waals surface area contributed by atoms with E-state index in [1.807, 2.05) is 6.92 Å². The van der Waals surface area contributed by atoms with Gasteiger partial charge in [0.1, 0.15) is 0 Å². The van der Waals surface area contributed by atoms with Gasteiger partial charge in [-0.25, -0.2) is 4.99 Å². The molecule has 6 nitrogen and oxygen atoms in total. The highest BCUT2D eigenvalue weighted by Gasteiger charge is 2.11. The van der Waals surface area contributed by atoms with E-state index in [9.17, 15) is 10.1 Å². The molecule has 0 aliphatic carbocycles. The molecule has 0 saturated heterocycles. The van der Waals surface area contributed by atoms with E-state index >= 15 is 0 Å². The molecule has 0 spiro atoms. The van der Waals surface area contributed by atoms with Crippen molar-refractivity contribution in [3.63, 3.8) is 0 Å². The number of aliphatic imine (C=N–C) groups is 1. The number of nitro benzene ring substituents is 1. The van der Waals surface area contributed by atoms with Gasteiger partial charge in [-0.15, -0.1) is 6.42 Å². The summed E-state index contributed by atoms with van der Waals surface area (Å²) in [6, 6.07) is 6.53. The van der Waals surface area contributed by atoms with Gasteiger partial charge in [-0.1, -0.05) is 24.1 Å². The van der Waals surface area contributed by atoms with E-state index in [-0.39, 0.29) is 12.2 Å². The summed E-state index contributed by atoms with van der Waals surface area (Å²) in [5.74, 6) is 2.98. The summed E-state index contributed by atoms with van der Waals surface area (Å²) in [6.45, 7) is 3.19. The van der Waals surface area contributed by atoms with Crippen LogP contribution in [0.5, 0.6) is 0 Å². The molecule has 1 aromatic rings. The van der Waals surface area contributed by atoms with E-state index in [2.05, 4.69) is 21.5 Å². The van der Waals surface area contributed by atoms with Gasteiger partial charge in [0.25, 0.3) is 5.69 Å². The number of benzene rings is 1. The van der Waals surface area contributed by atoms with Gasteiger partial charge in [0.15, 0.2) is 5.96 Å². The highest BCUT2D eigenvalue weighted by molar-refractivity contribution is 5.80. The lowest BCUT2D eigenvalue weighted by atomic mass is 10.2. The van der Waals surface area contributed by atoms with Crippen molar-refractivity contribution >= 4 is 11.6 Å². The molecule has 0 fully saturated rings. The van der Waals surface area contributed by atoms with Crippen LogP contribution < -0.4 is 10.6 Å². The van der Waals surface area contributed by atoms with Crippen molar-refractivity contribution in [2.24, 2.45) is 4.99 Å². The van der Waals surface area contributed by atoms with Crippen LogP contribution in [0.15, 0.2) is 29.3 Å². The first kappa shape index (κ1) is 14.5. The van der Waals surface area contributed by atoms with Crippen LogP contribution in [-0.4, -0.2) is 24.0 Å². The van der Waals surface area contributed by atoms with Gasteiger partial charge < -0.3 is 10.6 Å². The van der Waals surface area contributed by atoms with Crippen molar-refractivity contribution in [2.75, 3.05) is 13.1 Å². The third kappa shape index (κ3) is 4.68. The maximum atomic E-state index is 10.9. The third-order valence-electron chi connectivity index (χ3n) is 2.30. The molecular formula is C13H16N4O2. The molecule has 19 heavy (non-hydrogen) atoms. The Bertz CT molecular complexity index is 506. The number of nitro groups is 1. The number of hydrogen-bond acceptors (Lipinski definition) is 3. The first-order valence-corrected chi connectivity index (χ1v) is 5.87. The van der Waals surface area contributed by atoms with Crippen LogP contribution in [0.2, 0.25) is 0 Å². The second kappa shape index (κ2) is 7.71. The smallest absolute Gasteiger partial charge is 0.274 e. The topological polar surface area (TPSA) is 79.6 Å². The molecule has 2 N–H and O–H groups in total. The summed E-state index contributed by atoms with van der Waals surface area (Å²) in [6.07, 6.45) is 5.16. The Hall–Kier alpha value is -2.55. The molecule has 100 valence electrons. The van der Waals surface area contributed by atoms with Gasteiger partial charge in [0.05, 0.1) is 23.6 Å². The first-order valence-electron chi connectivity index (χ1n) is 5.87. The maximum Gasteiger partial charge on any atom is 0.274 e. The van der Waals surface area contributed by atoms with E-state index in [1.165, 1.54) is 6.07 Å². The van der Waals surface area contributed by atoms with Gasteiger partial charge in [0, 0.05) is 12.6 Å². The van der Waals surface area contributed by atoms with Crippen LogP contribution >= 0.6 is 0 Å². The number of nitrogens with zero attached hydrogens (tertiary/aromatic N) is 2. The fourth-order valence-corrected chi connectivity index (χ4v) is 1.46. The maximum absolute atomic E-state index is 10.9. The van der Waals surface area contributed by atoms with Crippen LogP contribution in [0.1, 0.15) is 12.5 Å². The summed E-state index contributed by atoms with van der Waals surface area (Å²) in [5, 5.41) is 16.8. The number of para-hydroxylation sites is 1. The average Bonchev–Trinajstić information content (AvgIpc) is 2.42. The van der Waals surface area contributed by atoms with E-state index < -0.39 is 4.92 Å². The lowest BCUT2D eigenvalue weighted by molar-refractivity contribution is -0.385. The molecule has 0 aromatic heterocycles. The second-order valence-corrected chi connectivity index (χ2v) is 3.64. The van der Waals surface area contributed by atoms with Crippen LogP contribution in [0.4, 0.5) is 5.69 Å². The molecule has 0 amide bonds. The minimum absolute atomic E-state index is 0.0686. The number of rotatable bonds is 5. The highest BCUT2D eigenvalue weighted by Crippen LogP contribution is 2.18. The summed E-state index contributed by atoms with van der Waals surface area (Å²) in [4.78, 5) is 14.7. The summed E-state index contributed by atoms with van der Waals surface area (Å²) in [5.41, 5.74) is 0.629. The quantitative estimate of drug-likeness (QED) is 0.275. The largest absolute Gasteiger partial charge is 0.357 e. The van der Waals surface area contributed by atoms with E-state index in [0.717, 1.165) is 0 Å². The summed E-state index contributed by atoms with van der Waals surface area (Å²) >= 11 is 0. The van der Waals surface area contributed by atoms with Crippen LogP contribution in [0.3, 0.4) is 0 Å². The van der Waals surface area contributed by atoms with Crippen molar-refractivity contribution in [1.29, 1.82) is 0 Å². The molecule has 0 unspecified atom stereocenters. The van der Waals surface area contributed by atoms with E-state index in [4.69, 9.17) is 6.42 Å². The number of nitrogens with one attached hydrogen (secondary N) is 2. The molecule has 0 radical (unpaired) electrons. The number of hydrogen-bond donors (Lipinski definition) is 2. The first-order chi connectivity index (χ1) is 9.19. The Balaban J connectivity index is 2.82. The van der Waals surface area contributed by atoms with E-state index in [0.29, 0.717) is 24.6 Å². The number of guanidine groups is 1. The molecule has 0 heterocycles. The molecule has 0 bridgehead atoms. The predicted molar refractivity (Wildman–Crippen MR) is 74.7 cm³/mol. The predicted octanol–water partition coefficient (Wildman–Crippen LogP) is 1.28. The Kier molecular flexibility index (Phi) is 5.89. The summed E-state index contributed by atoms with van der Waals surface area (Å²) < 4.78 is 0. The second-order valence-electron chi connectivity index (χ2n) is 3.64. The van der Waals surface area contributed by atoms with Crippen LogP contribution in [-0.2, 0) is 6.54 Å². The van der Waals surface area contributed by atoms with Crippen molar-refractivity contribution in [1.82, 2.24) is 10.6 Å². The van der Waals surface area contributed by atoms with Gasteiger partial charge in [0.2, 0.25) is 0 Å². The average molecular weight is 260 g/mol. The molecule has 0 saturated carbocycles. The van der Waals surface area contributed by atoms with Crippen LogP contribution in [0.25, 0.3) is 0 Å². The zero-order valence-corrected chi connectivity index (χ0v) is 10.7. The van der Waals surface area contributed by atoms with Crippen molar-refractivity contribution in [3.8, 4) is 12.3 Å². The fourth-order valence-electron chi connectivity index (χ4n) is 1.46. The zero-order chi connectivity index (χ0) is 14.1. The normalized spacial score (nSPS) is 10.6. The van der Waals surface area contributed by atoms with Gasteiger partial charge in [-0.05, 0) is 6.92 Å². The Labute approximate surface area is 112 Å². The Morgan fingerprint density at radius 2 is 2.21 bits per heavy atom. The van der Waals surface area contributed by atoms with Crippen molar-refractivity contribution < 1.29 is 4.92 Å². The Morgan fingerprint density at radius 3 is 2.84 bits per heavy atom. The molecule has 0 aliphatic heterocycles. The Morgan fingerprint density at radius 1 is 1.47 bits per heavy atom. The number of terminal acetylenes is 1. The minimum atomic E-state index is -0.410. The molecule has 0 aliphatic rings. The molecule has 0 atom stereocenters. The van der Waals surface area contributed by atoms with Crippen LogP contribution in [0, 0.1) is 22.5 Å². The minimum Gasteiger partial charge on any atom is -0.357 e. The monoisotopic (exact) mass is 260 g/mol. The lowest BCUT2D eigenvalue weighted by Crippen LogP contribution is -2.37. The molecular weight excluding hydrogens is 244 g/mol. The fraction of sp³-hybridized carbons (Fsp3) is 0.308. The molecule has 1 aromatic carbocycles. The van der Waals surface area contributed by atoms with Gasteiger partial charge in [-0.3, -0.25) is 10.1 Å². The van der Waals surface area contributed by atoms with Gasteiger partial charge in [-0.2, -0.15) is 0 Å². The lowest BCUT2D eigenvalue weighted by Gasteiger charge is -2.08.